The normalized spacial score (nSPS) is 21.3. The lowest BCUT2D eigenvalue weighted by atomic mass is 10.1. The van der Waals surface area contributed by atoms with Gasteiger partial charge in [-0.25, -0.2) is 0 Å². The molecule has 6 nitrogen and oxygen atoms in total. The molecule has 1 aliphatic carbocycles. The first-order valence-corrected chi connectivity index (χ1v) is 7.25. The Morgan fingerprint density at radius 1 is 1.43 bits per heavy atom. The monoisotopic (exact) mass is 332 g/mol. The molecule has 0 radical (unpaired) electrons. The van der Waals surface area contributed by atoms with E-state index in [-0.39, 0.29) is 21.5 Å². The molecule has 1 aromatic carbocycles. The quantitative estimate of drug-likeness (QED) is 0.654. The van der Waals surface area contributed by atoms with E-state index in [0.29, 0.717) is 6.54 Å². The van der Waals surface area contributed by atoms with Crippen molar-refractivity contribution in [2.75, 3.05) is 6.54 Å². The Morgan fingerprint density at radius 2 is 2.14 bits per heavy atom. The summed E-state index contributed by atoms with van der Waals surface area (Å²) in [6, 6.07) is 2.38. The predicted octanol–water partition coefficient (Wildman–Crippen LogP) is 2.79. The lowest BCUT2D eigenvalue weighted by Crippen LogP contribution is -2.32. The van der Waals surface area contributed by atoms with Gasteiger partial charge in [0.25, 0.3) is 11.6 Å². The van der Waals surface area contributed by atoms with Crippen molar-refractivity contribution in [2.24, 2.45) is 5.92 Å². The molecule has 1 saturated carbocycles. The third-order valence-electron chi connectivity index (χ3n) is 3.61. The maximum atomic E-state index is 12.0. The Morgan fingerprint density at radius 3 is 2.71 bits per heavy atom. The van der Waals surface area contributed by atoms with E-state index >= 15 is 0 Å². The van der Waals surface area contributed by atoms with Gasteiger partial charge in [0.2, 0.25) is 0 Å². The Labute approximate surface area is 131 Å². The maximum absolute atomic E-state index is 12.0. The van der Waals surface area contributed by atoms with Crippen LogP contribution in [0.1, 0.15) is 29.6 Å². The van der Waals surface area contributed by atoms with Gasteiger partial charge in [-0.05, 0) is 18.9 Å². The van der Waals surface area contributed by atoms with Gasteiger partial charge in [-0.3, -0.25) is 14.9 Å². The molecule has 0 aromatic heterocycles. The topological polar surface area (TPSA) is 92.5 Å². The van der Waals surface area contributed by atoms with Crippen molar-refractivity contribution in [1.82, 2.24) is 5.32 Å². The minimum Gasteiger partial charge on any atom is -0.393 e. The van der Waals surface area contributed by atoms with Crippen LogP contribution in [0.2, 0.25) is 10.0 Å². The van der Waals surface area contributed by atoms with Crippen LogP contribution >= 0.6 is 23.2 Å². The highest BCUT2D eigenvalue weighted by Crippen LogP contribution is 2.33. The number of halogens is 2. The number of aliphatic hydroxyl groups is 1. The molecule has 2 rings (SSSR count). The lowest BCUT2D eigenvalue weighted by molar-refractivity contribution is -0.384. The molecule has 0 heterocycles. The van der Waals surface area contributed by atoms with E-state index in [1.165, 1.54) is 6.07 Å². The first-order valence-electron chi connectivity index (χ1n) is 6.50. The van der Waals surface area contributed by atoms with Gasteiger partial charge in [-0.1, -0.05) is 29.6 Å². The van der Waals surface area contributed by atoms with Crippen molar-refractivity contribution in [3.8, 4) is 0 Å². The number of amides is 1. The Hall–Kier alpha value is -1.37. The number of rotatable bonds is 4. The van der Waals surface area contributed by atoms with Gasteiger partial charge >= 0.3 is 0 Å². The predicted molar refractivity (Wildman–Crippen MR) is 78.8 cm³/mol. The summed E-state index contributed by atoms with van der Waals surface area (Å²) in [4.78, 5) is 22.2. The van der Waals surface area contributed by atoms with Crippen LogP contribution in [0.3, 0.4) is 0 Å². The van der Waals surface area contributed by atoms with Crippen LogP contribution in [0.4, 0.5) is 5.69 Å². The Kier molecular flexibility index (Phi) is 5.03. The third kappa shape index (κ3) is 3.64. The molecule has 0 bridgehead atoms. The van der Waals surface area contributed by atoms with E-state index in [9.17, 15) is 20.0 Å². The zero-order chi connectivity index (χ0) is 15.6. The highest BCUT2D eigenvalue weighted by Gasteiger charge is 2.26. The van der Waals surface area contributed by atoms with Crippen LogP contribution in [0.5, 0.6) is 0 Å². The SMILES string of the molecule is O=C(NCC1CCCC1O)c1cc(Cl)c(Cl)c([N+](=O)[O-])c1. The Balaban J connectivity index is 2.10. The summed E-state index contributed by atoms with van der Waals surface area (Å²) < 4.78 is 0. The van der Waals surface area contributed by atoms with Gasteiger partial charge in [-0.2, -0.15) is 0 Å². The van der Waals surface area contributed by atoms with Gasteiger partial charge in [0.15, 0.2) is 0 Å². The molecule has 8 heteroatoms. The zero-order valence-corrected chi connectivity index (χ0v) is 12.5. The second-order valence-corrected chi connectivity index (χ2v) is 5.80. The molecule has 2 atom stereocenters. The summed E-state index contributed by atoms with van der Waals surface area (Å²) in [5, 5.41) is 23.0. The van der Waals surface area contributed by atoms with E-state index in [4.69, 9.17) is 23.2 Å². The second kappa shape index (κ2) is 6.60. The number of hydrogen-bond acceptors (Lipinski definition) is 4. The molecule has 0 saturated heterocycles. The molecule has 0 spiro atoms. The molecule has 2 N–H and O–H groups in total. The first kappa shape index (κ1) is 16.0. The van der Waals surface area contributed by atoms with Crippen LogP contribution < -0.4 is 5.32 Å². The molecule has 2 unspecified atom stereocenters. The highest BCUT2D eigenvalue weighted by atomic mass is 35.5. The van der Waals surface area contributed by atoms with Gasteiger partial charge in [0.05, 0.1) is 16.0 Å². The van der Waals surface area contributed by atoms with Gasteiger partial charge in [-0.15, -0.1) is 0 Å². The first-order chi connectivity index (χ1) is 9.90. The average Bonchev–Trinajstić information content (AvgIpc) is 2.84. The number of aliphatic hydroxyl groups excluding tert-OH is 1. The third-order valence-corrected chi connectivity index (χ3v) is 4.40. The summed E-state index contributed by atoms with van der Waals surface area (Å²) >= 11 is 11.5. The molecule has 1 amide bonds. The van der Waals surface area contributed by atoms with Crippen molar-refractivity contribution in [3.63, 3.8) is 0 Å². The van der Waals surface area contributed by atoms with Crippen LogP contribution in [0.15, 0.2) is 12.1 Å². The fourth-order valence-electron chi connectivity index (χ4n) is 2.42. The number of nitrogens with zero attached hydrogens (tertiary/aromatic N) is 1. The molecule has 1 aliphatic rings. The van der Waals surface area contributed by atoms with Crippen LogP contribution in [-0.2, 0) is 0 Å². The molecule has 0 aliphatic heterocycles. The van der Waals surface area contributed by atoms with Crippen molar-refractivity contribution >= 4 is 34.8 Å². The fraction of sp³-hybridized carbons (Fsp3) is 0.462. The number of nitro benzene ring substituents is 1. The minimum atomic E-state index is -0.689. The summed E-state index contributed by atoms with van der Waals surface area (Å²) in [7, 11) is 0. The van der Waals surface area contributed by atoms with Crippen LogP contribution in [-0.4, -0.2) is 28.6 Å². The van der Waals surface area contributed by atoms with Gasteiger partial charge in [0.1, 0.15) is 5.02 Å². The van der Waals surface area contributed by atoms with E-state index in [0.717, 1.165) is 25.3 Å². The van der Waals surface area contributed by atoms with Crippen molar-refractivity contribution in [1.29, 1.82) is 0 Å². The summed E-state index contributed by atoms with van der Waals surface area (Å²) in [5.74, 6) is -0.456. The molecule has 114 valence electrons. The standard InChI is InChI=1S/C13H14Cl2N2O4/c14-9-4-8(5-10(12(9)15)17(20)21)13(19)16-6-7-2-1-3-11(7)18/h4-5,7,11,18H,1-3,6H2,(H,16,19). The van der Waals surface area contributed by atoms with E-state index < -0.39 is 22.6 Å². The maximum Gasteiger partial charge on any atom is 0.290 e. The van der Waals surface area contributed by atoms with E-state index in [1.807, 2.05) is 0 Å². The number of benzene rings is 1. The number of hydrogen-bond donors (Lipinski definition) is 2. The smallest absolute Gasteiger partial charge is 0.290 e. The molecular weight excluding hydrogens is 319 g/mol. The number of nitro groups is 1. The second-order valence-electron chi connectivity index (χ2n) is 5.02. The summed E-state index contributed by atoms with van der Waals surface area (Å²) in [6.45, 7) is 0.327. The van der Waals surface area contributed by atoms with Gasteiger partial charge in [0, 0.05) is 24.1 Å². The van der Waals surface area contributed by atoms with Crippen LogP contribution in [0.25, 0.3) is 0 Å². The zero-order valence-electron chi connectivity index (χ0n) is 11.0. The fourth-order valence-corrected chi connectivity index (χ4v) is 2.81. The van der Waals surface area contributed by atoms with Crippen molar-refractivity contribution in [3.05, 3.63) is 37.9 Å². The lowest BCUT2D eigenvalue weighted by Gasteiger charge is -2.15. The van der Waals surface area contributed by atoms with Gasteiger partial charge < -0.3 is 10.4 Å². The molecule has 1 aromatic rings. The largest absolute Gasteiger partial charge is 0.393 e. The molecular formula is C13H14Cl2N2O4. The van der Waals surface area contributed by atoms with Crippen LogP contribution in [0, 0.1) is 16.0 Å². The molecule has 1 fully saturated rings. The number of carbonyl (C=O) groups is 1. The summed E-state index contributed by atoms with van der Waals surface area (Å²) in [5.41, 5.74) is -0.334. The van der Waals surface area contributed by atoms with Crippen molar-refractivity contribution < 1.29 is 14.8 Å². The highest BCUT2D eigenvalue weighted by molar-refractivity contribution is 6.43. The summed E-state index contributed by atoms with van der Waals surface area (Å²) in [6.07, 6.45) is 2.11. The average molecular weight is 333 g/mol. The Bertz CT molecular complexity index is 580. The van der Waals surface area contributed by atoms with E-state index in [2.05, 4.69) is 5.32 Å². The number of nitrogens with one attached hydrogen (secondary N) is 1. The minimum absolute atomic E-state index is 0.0201. The van der Waals surface area contributed by atoms with E-state index in [1.54, 1.807) is 0 Å². The number of carbonyl (C=O) groups excluding carboxylic acids is 1. The van der Waals surface area contributed by atoms with Crippen molar-refractivity contribution in [2.45, 2.75) is 25.4 Å². The molecule has 21 heavy (non-hydrogen) atoms.